The summed E-state index contributed by atoms with van der Waals surface area (Å²) in [6.07, 6.45) is 3.34. The molecular weight excluding hydrogens is 426 g/mol. The fraction of sp³-hybridized carbons (Fsp3) is 0.200. The average Bonchev–Trinajstić information content (AvgIpc) is 3.33. The Morgan fingerprint density at radius 1 is 1.20 bits per heavy atom. The summed E-state index contributed by atoms with van der Waals surface area (Å²) >= 11 is 1.12. The highest BCUT2D eigenvalue weighted by atomic mass is 32.2. The molecule has 0 bridgehead atoms. The van der Waals surface area contributed by atoms with Crippen molar-refractivity contribution in [1.29, 1.82) is 0 Å². The van der Waals surface area contributed by atoms with E-state index in [4.69, 9.17) is 9.26 Å². The van der Waals surface area contributed by atoms with Crippen molar-refractivity contribution in [2.45, 2.75) is 24.6 Å². The third-order valence-corrected chi connectivity index (χ3v) is 7.03. The molecule has 158 valence electrons. The summed E-state index contributed by atoms with van der Waals surface area (Å²) in [4.78, 5) is 12.0. The molecule has 0 aliphatic heterocycles. The number of thiophene rings is 1. The van der Waals surface area contributed by atoms with Crippen molar-refractivity contribution in [1.82, 2.24) is 9.88 Å². The molecule has 2 aromatic heterocycles. The minimum atomic E-state index is -3.65. The van der Waals surface area contributed by atoms with Gasteiger partial charge in [-0.25, -0.2) is 13.1 Å². The molecule has 30 heavy (non-hydrogen) atoms. The minimum absolute atomic E-state index is 0.173. The van der Waals surface area contributed by atoms with Crippen LogP contribution in [0.15, 0.2) is 45.1 Å². The predicted octanol–water partition coefficient (Wildman–Crippen LogP) is 3.66. The molecule has 3 rings (SSSR count). The maximum atomic E-state index is 12.6. The Balaban J connectivity index is 1.69. The summed E-state index contributed by atoms with van der Waals surface area (Å²) in [5.74, 6) is 0.862. The van der Waals surface area contributed by atoms with E-state index in [1.807, 2.05) is 0 Å². The van der Waals surface area contributed by atoms with Gasteiger partial charge >= 0.3 is 0 Å². The van der Waals surface area contributed by atoms with Crippen LogP contribution in [-0.2, 0) is 21.4 Å². The number of carbonyl (C=O) groups is 1. The molecule has 8 nitrogen and oxygen atoms in total. The van der Waals surface area contributed by atoms with E-state index in [0.717, 1.165) is 16.9 Å². The van der Waals surface area contributed by atoms with Crippen LogP contribution in [0.2, 0.25) is 0 Å². The lowest BCUT2D eigenvalue weighted by Crippen LogP contribution is -2.22. The molecular formula is C20H21N3O5S2. The second-order valence-electron chi connectivity index (χ2n) is 6.35. The van der Waals surface area contributed by atoms with Crippen molar-refractivity contribution in [3.63, 3.8) is 0 Å². The van der Waals surface area contributed by atoms with E-state index < -0.39 is 10.0 Å². The zero-order valence-electron chi connectivity index (χ0n) is 16.6. The highest BCUT2D eigenvalue weighted by Crippen LogP contribution is 2.26. The second kappa shape index (κ2) is 9.24. The van der Waals surface area contributed by atoms with Gasteiger partial charge in [-0.1, -0.05) is 17.3 Å². The van der Waals surface area contributed by atoms with Crippen molar-refractivity contribution < 1.29 is 22.5 Å². The van der Waals surface area contributed by atoms with Crippen LogP contribution >= 0.6 is 11.3 Å². The number of anilines is 1. The highest BCUT2D eigenvalue weighted by Gasteiger charge is 2.16. The fourth-order valence-electron chi connectivity index (χ4n) is 2.55. The lowest BCUT2D eigenvalue weighted by molar-refractivity contribution is -0.114. The molecule has 0 spiro atoms. The van der Waals surface area contributed by atoms with E-state index in [2.05, 4.69) is 15.2 Å². The van der Waals surface area contributed by atoms with Gasteiger partial charge in [-0.3, -0.25) is 4.79 Å². The monoisotopic (exact) mass is 447 g/mol. The molecule has 2 heterocycles. The molecule has 0 aliphatic carbocycles. The molecule has 1 amide bonds. The van der Waals surface area contributed by atoms with Gasteiger partial charge in [-0.2, -0.15) is 0 Å². The summed E-state index contributed by atoms with van der Waals surface area (Å²) in [5.41, 5.74) is 1.87. The van der Waals surface area contributed by atoms with Crippen molar-refractivity contribution in [2.24, 2.45) is 0 Å². The van der Waals surface area contributed by atoms with Gasteiger partial charge in [0, 0.05) is 18.3 Å². The number of methoxy groups -OCH3 is 1. The van der Waals surface area contributed by atoms with Gasteiger partial charge in [0.1, 0.15) is 21.3 Å². The van der Waals surface area contributed by atoms with Crippen LogP contribution in [0.4, 0.5) is 5.69 Å². The molecule has 0 aliphatic rings. The molecule has 0 radical (unpaired) electrons. The van der Waals surface area contributed by atoms with Crippen LogP contribution in [-0.4, -0.2) is 26.6 Å². The molecule has 10 heteroatoms. The van der Waals surface area contributed by atoms with Gasteiger partial charge in [0.2, 0.25) is 15.9 Å². The van der Waals surface area contributed by atoms with Crippen LogP contribution in [0.5, 0.6) is 5.75 Å². The molecule has 1 aromatic carbocycles. The summed E-state index contributed by atoms with van der Waals surface area (Å²) in [7, 11) is -2.07. The number of amides is 1. The number of rotatable bonds is 8. The molecule has 0 unspecified atom stereocenters. The van der Waals surface area contributed by atoms with Crippen molar-refractivity contribution >= 4 is 45.1 Å². The average molecular weight is 448 g/mol. The molecule has 2 N–H and O–H groups in total. The lowest BCUT2D eigenvalue weighted by Gasteiger charge is -2.06. The fourth-order valence-corrected chi connectivity index (χ4v) is 4.84. The van der Waals surface area contributed by atoms with E-state index in [0.29, 0.717) is 27.8 Å². The standard InChI is InChI=1S/C20H21N3O5S2/c1-13-20(22-14(2)24)18(28-23-13)10-8-17-9-11-19(29-17)30(25,26)21-12-15-4-6-16(27-3)7-5-15/h4-11,21H,12H2,1-3H3,(H,22,24)/b10-8+. The number of ether oxygens (including phenoxy) is 1. The van der Waals surface area contributed by atoms with Crippen LogP contribution in [0.3, 0.4) is 0 Å². The van der Waals surface area contributed by atoms with Crippen LogP contribution in [0, 0.1) is 6.92 Å². The largest absolute Gasteiger partial charge is 0.497 e. The Labute approximate surface area is 178 Å². The Kier molecular flexibility index (Phi) is 6.70. The smallest absolute Gasteiger partial charge is 0.250 e. The topological polar surface area (TPSA) is 111 Å². The van der Waals surface area contributed by atoms with Crippen molar-refractivity contribution in [3.8, 4) is 5.75 Å². The molecule has 0 saturated heterocycles. The Morgan fingerprint density at radius 3 is 2.60 bits per heavy atom. The first-order valence-corrected chi connectivity index (χ1v) is 11.2. The van der Waals surface area contributed by atoms with Crippen LogP contribution in [0.25, 0.3) is 12.2 Å². The van der Waals surface area contributed by atoms with Gasteiger partial charge in [0.25, 0.3) is 0 Å². The maximum Gasteiger partial charge on any atom is 0.250 e. The van der Waals surface area contributed by atoms with Gasteiger partial charge in [0.15, 0.2) is 5.76 Å². The Morgan fingerprint density at radius 2 is 1.93 bits per heavy atom. The van der Waals surface area contributed by atoms with E-state index in [9.17, 15) is 13.2 Å². The number of aryl methyl sites for hydroxylation is 1. The zero-order chi connectivity index (χ0) is 21.7. The van der Waals surface area contributed by atoms with E-state index in [1.54, 1.807) is 62.6 Å². The number of carbonyl (C=O) groups excluding carboxylic acids is 1. The van der Waals surface area contributed by atoms with E-state index >= 15 is 0 Å². The number of hydrogen-bond acceptors (Lipinski definition) is 7. The van der Waals surface area contributed by atoms with E-state index in [-0.39, 0.29) is 16.7 Å². The number of sulfonamides is 1. The normalized spacial score (nSPS) is 11.7. The van der Waals surface area contributed by atoms with Gasteiger partial charge in [-0.05, 0) is 48.9 Å². The quantitative estimate of drug-likeness (QED) is 0.545. The first kappa shape index (κ1) is 21.8. The summed E-state index contributed by atoms with van der Waals surface area (Å²) in [6, 6.07) is 10.4. The molecule has 0 fully saturated rings. The number of aromatic nitrogens is 1. The molecule has 0 atom stereocenters. The van der Waals surface area contributed by atoms with E-state index in [1.165, 1.54) is 6.92 Å². The Hall–Kier alpha value is -2.95. The first-order valence-electron chi connectivity index (χ1n) is 8.93. The number of nitrogens with one attached hydrogen (secondary N) is 2. The summed E-state index contributed by atoms with van der Waals surface area (Å²) < 4.78 is 38.2. The molecule has 0 saturated carbocycles. The van der Waals surface area contributed by atoms with Gasteiger partial charge < -0.3 is 14.6 Å². The molecule has 3 aromatic rings. The second-order valence-corrected chi connectivity index (χ2v) is 9.46. The highest BCUT2D eigenvalue weighted by molar-refractivity contribution is 7.91. The van der Waals surface area contributed by atoms with Crippen molar-refractivity contribution in [2.75, 3.05) is 12.4 Å². The number of nitrogens with zero attached hydrogens (tertiary/aromatic N) is 1. The summed E-state index contributed by atoms with van der Waals surface area (Å²) in [5, 5.41) is 6.51. The number of benzene rings is 1. The van der Waals surface area contributed by atoms with Crippen molar-refractivity contribution in [3.05, 3.63) is 58.3 Å². The third-order valence-electron chi connectivity index (χ3n) is 4.08. The SMILES string of the molecule is COc1ccc(CNS(=O)(=O)c2ccc(/C=C/c3onc(C)c3NC(C)=O)s2)cc1. The zero-order valence-corrected chi connectivity index (χ0v) is 18.3. The minimum Gasteiger partial charge on any atom is -0.497 e. The maximum absolute atomic E-state index is 12.6. The predicted molar refractivity (Wildman–Crippen MR) is 116 cm³/mol. The summed E-state index contributed by atoms with van der Waals surface area (Å²) in [6.45, 7) is 3.29. The van der Waals surface area contributed by atoms with Gasteiger partial charge in [0.05, 0.1) is 7.11 Å². The Bertz CT molecular complexity index is 1160. The van der Waals surface area contributed by atoms with Gasteiger partial charge in [-0.15, -0.1) is 11.3 Å². The number of hydrogen-bond donors (Lipinski definition) is 2. The van der Waals surface area contributed by atoms with Crippen LogP contribution in [0.1, 0.15) is 28.8 Å². The lowest BCUT2D eigenvalue weighted by atomic mass is 10.2. The van der Waals surface area contributed by atoms with Crippen LogP contribution < -0.4 is 14.8 Å². The third kappa shape index (κ3) is 5.35. The first-order chi connectivity index (χ1) is 14.3.